The largest absolute Gasteiger partial charge is 0.399 e. The van der Waals surface area contributed by atoms with Crippen molar-refractivity contribution in [1.82, 2.24) is 0 Å². The first-order valence-corrected chi connectivity index (χ1v) is 4.99. The average molecular weight is 199 g/mol. The first-order valence-electron chi connectivity index (χ1n) is 4.99. The summed E-state index contributed by atoms with van der Waals surface area (Å²) in [5.74, 6) is 0.320. The molecular formula is C14H17N. The quantitative estimate of drug-likeness (QED) is 0.581. The molecule has 0 aliphatic rings. The van der Waals surface area contributed by atoms with Gasteiger partial charge in [-0.25, -0.2) is 0 Å². The number of hydrogen-bond acceptors (Lipinski definition) is 1. The number of allylic oxidation sites excluding steroid dienone is 4. The number of hydrogen-bond donors (Lipinski definition) is 1. The van der Waals surface area contributed by atoms with Crippen LogP contribution in [-0.2, 0) is 0 Å². The van der Waals surface area contributed by atoms with Crippen molar-refractivity contribution in [2.24, 2.45) is 0 Å². The van der Waals surface area contributed by atoms with Crippen LogP contribution >= 0.6 is 0 Å². The van der Waals surface area contributed by atoms with Gasteiger partial charge in [0.25, 0.3) is 0 Å². The standard InChI is InChI=1S/C14H17N/c1-4-6-12(5-2)11(3)13-7-9-14(15)10-8-13/h4-11H,1-2,15H2,3H3/b12-6+. The fraction of sp³-hybridized carbons (Fsp3) is 0.143. The van der Waals surface area contributed by atoms with Gasteiger partial charge in [0.2, 0.25) is 0 Å². The van der Waals surface area contributed by atoms with Crippen molar-refractivity contribution >= 4 is 5.69 Å². The highest BCUT2D eigenvalue weighted by atomic mass is 14.5. The Labute approximate surface area is 91.6 Å². The Kier molecular flexibility index (Phi) is 3.92. The average Bonchev–Trinajstić information content (AvgIpc) is 2.26. The third kappa shape index (κ3) is 2.84. The summed E-state index contributed by atoms with van der Waals surface area (Å²) in [7, 11) is 0. The molecule has 78 valence electrons. The second-order valence-corrected chi connectivity index (χ2v) is 3.49. The molecule has 0 saturated carbocycles. The van der Waals surface area contributed by atoms with E-state index in [0.717, 1.165) is 11.3 Å². The Hall–Kier alpha value is -1.76. The number of anilines is 1. The zero-order chi connectivity index (χ0) is 11.3. The summed E-state index contributed by atoms with van der Waals surface area (Å²) in [5, 5.41) is 0. The molecule has 0 bridgehead atoms. The van der Waals surface area contributed by atoms with Crippen molar-refractivity contribution in [3.63, 3.8) is 0 Å². The van der Waals surface area contributed by atoms with E-state index in [9.17, 15) is 0 Å². The van der Waals surface area contributed by atoms with Crippen LogP contribution in [0.1, 0.15) is 18.4 Å². The fourth-order valence-electron chi connectivity index (χ4n) is 1.50. The van der Waals surface area contributed by atoms with Gasteiger partial charge in [-0.3, -0.25) is 0 Å². The Morgan fingerprint density at radius 1 is 1.27 bits per heavy atom. The Balaban J connectivity index is 2.97. The summed E-state index contributed by atoms with van der Waals surface area (Å²) in [6.07, 6.45) is 5.63. The van der Waals surface area contributed by atoms with Crippen molar-refractivity contribution < 1.29 is 0 Å². The van der Waals surface area contributed by atoms with Gasteiger partial charge in [-0.05, 0) is 23.3 Å². The third-order valence-corrected chi connectivity index (χ3v) is 2.48. The molecule has 1 heteroatoms. The molecule has 1 aromatic carbocycles. The predicted molar refractivity (Wildman–Crippen MR) is 67.7 cm³/mol. The maximum absolute atomic E-state index is 5.64. The number of rotatable bonds is 4. The van der Waals surface area contributed by atoms with Crippen molar-refractivity contribution in [2.45, 2.75) is 12.8 Å². The molecule has 1 aromatic rings. The minimum atomic E-state index is 0.320. The van der Waals surface area contributed by atoms with Crippen molar-refractivity contribution in [2.75, 3.05) is 5.73 Å². The minimum Gasteiger partial charge on any atom is -0.399 e. The van der Waals surface area contributed by atoms with Gasteiger partial charge in [0.1, 0.15) is 0 Å². The number of nitrogens with two attached hydrogens (primary N) is 1. The van der Waals surface area contributed by atoms with E-state index in [1.165, 1.54) is 5.56 Å². The topological polar surface area (TPSA) is 26.0 Å². The fourth-order valence-corrected chi connectivity index (χ4v) is 1.50. The number of nitrogen functional groups attached to an aromatic ring is 1. The Morgan fingerprint density at radius 3 is 2.33 bits per heavy atom. The molecule has 0 amide bonds. The van der Waals surface area contributed by atoms with E-state index in [4.69, 9.17) is 5.73 Å². The smallest absolute Gasteiger partial charge is 0.0314 e. The Bertz CT molecular complexity index is 371. The summed E-state index contributed by atoms with van der Waals surface area (Å²) in [6.45, 7) is 9.64. The van der Waals surface area contributed by atoms with E-state index in [1.807, 2.05) is 36.4 Å². The minimum absolute atomic E-state index is 0.320. The molecular weight excluding hydrogens is 182 g/mol. The van der Waals surface area contributed by atoms with E-state index in [-0.39, 0.29) is 0 Å². The summed E-state index contributed by atoms with van der Waals surface area (Å²) in [4.78, 5) is 0. The number of benzene rings is 1. The molecule has 1 rings (SSSR count). The van der Waals surface area contributed by atoms with Gasteiger partial charge in [-0.1, -0.05) is 50.4 Å². The van der Waals surface area contributed by atoms with Gasteiger partial charge in [-0.2, -0.15) is 0 Å². The van der Waals surface area contributed by atoms with E-state index < -0.39 is 0 Å². The second-order valence-electron chi connectivity index (χ2n) is 3.49. The van der Waals surface area contributed by atoms with E-state index in [1.54, 1.807) is 6.08 Å². The molecule has 0 aliphatic carbocycles. The van der Waals surface area contributed by atoms with Gasteiger partial charge in [0.05, 0.1) is 0 Å². The molecule has 0 saturated heterocycles. The van der Waals surface area contributed by atoms with Crippen LogP contribution in [0.3, 0.4) is 0 Å². The molecule has 0 heterocycles. The highest BCUT2D eigenvalue weighted by molar-refractivity contribution is 5.43. The van der Waals surface area contributed by atoms with Crippen molar-refractivity contribution in [3.05, 3.63) is 66.8 Å². The molecule has 1 nitrogen and oxygen atoms in total. The third-order valence-electron chi connectivity index (χ3n) is 2.48. The molecule has 1 unspecified atom stereocenters. The molecule has 15 heavy (non-hydrogen) atoms. The van der Waals surface area contributed by atoms with Gasteiger partial charge in [0.15, 0.2) is 0 Å². The highest BCUT2D eigenvalue weighted by Gasteiger charge is 2.07. The SMILES string of the molecule is C=C/C=C(\C=C)C(C)c1ccc(N)cc1. The first kappa shape index (κ1) is 11.3. The maximum atomic E-state index is 5.64. The van der Waals surface area contributed by atoms with Crippen LogP contribution in [-0.4, -0.2) is 0 Å². The second kappa shape index (κ2) is 5.20. The molecule has 0 aromatic heterocycles. The monoisotopic (exact) mass is 199 g/mol. The lowest BCUT2D eigenvalue weighted by Gasteiger charge is -2.13. The van der Waals surface area contributed by atoms with Crippen molar-refractivity contribution in [3.8, 4) is 0 Å². The molecule has 2 N–H and O–H groups in total. The lowest BCUT2D eigenvalue weighted by molar-refractivity contribution is 0.923. The highest BCUT2D eigenvalue weighted by Crippen LogP contribution is 2.25. The summed E-state index contributed by atoms with van der Waals surface area (Å²) in [5.41, 5.74) is 8.83. The normalized spacial score (nSPS) is 13.3. The molecule has 0 aliphatic heterocycles. The van der Waals surface area contributed by atoms with E-state index >= 15 is 0 Å². The van der Waals surface area contributed by atoms with Crippen LogP contribution in [0, 0.1) is 0 Å². The van der Waals surface area contributed by atoms with Crippen LogP contribution in [0.4, 0.5) is 5.69 Å². The molecule has 0 radical (unpaired) electrons. The van der Waals surface area contributed by atoms with Gasteiger partial charge in [-0.15, -0.1) is 0 Å². The first-order chi connectivity index (χ1) is 7.19. The summed E-state index contributed by atoms with van der Waals surface area (Å²) in [6, 6.07) is 7.92. The van der Waals surface area contributed by atoms with Crippen LogP contribution in [0.5, 0.6) is 0 Å². The maximum Gasteiger partial charge on any atom is 0.0314 e. The van der Waals surface area contributed by atoms with E-state index in [2.05, 4.69) is 20.1 Å². The molecule has 0 fully saturated rings. The lowest BCUT2D eigenvalue weighted by Crippen LogP contribution is -1.96. The van der Waals surface area contributed by atoms with Crippen LogP contribution in [0.15, 0.2) is 61.2 Å². The predicted octanol–water partition coefficient (Wildman–Crippen LogP) is 3.67. The van der Waals surface area contributed by atoms with Gasteiger partial charge < -0.3 is 5.73 Å². The molecule has 0 spiro atoms. The van der Waals surface area contributed by atoms with Crippen molar-refractivity contribution in [1.29, 1.82) is 0 Å². The van der Waals surface area contributed by atoms with Gasteiger partial charge >= 0.3 is 0 Å². The summed E-state index contributed by atoms with van der Waals surface area (Å²) >= 11 is 0. The van der Waals surface area contributed by atoms with Crippen LogP contribution < -0.4 is 5.73 Å². The lowest BCUT2D eigenvalue weighted by atomic mass is 9.92. The molecule has 1 atom stereocenters. The Morgan fingerprint density at radius 2 is 1.87 bits per heavy atom. The summed E-state index contributed by atoms with van der Waals surface area (Å²) < 4.78 is 0. The van der Waals surface area contributed by atoms with Gasteiger partial charge in [0, 0.05) is 11.6 Å². The van der Waals surface area contributed by atoms with E-state index in [0.29, 0.717) is 5.92 Å². The zero-order valence-corrected chi connectivity index (χ0v) is 9.11. The van der Waals surface area contributed by atoms with Crippen LogP contribution in [0.25, 0.3) is 0 Å². The van der Waals surface area contributed by atoms with Crippen LogP contribution in [0.2, 0.25) is 0 Å². The zero-order valence-electron chi connectivity index (χ0n) is 9.11.